The van der Waals surface area contributed by atoms with Crippen LogP contribution in [0.15, 0.2) is 18.2 Å². The first-order valence-corrected chi connectivity index (χ1v) is 5.28. The maximum absolute atomic E-state index is 11.2. The average molecular weight is 267 g/mol. The number of carboxylic acids is 1. The monoisotopic (exact) mass is 267 g/mol. The Kier molecular flexibility index (Phi) is 4.87. The van der Waals surface area contributed by atoms with Crippen LogP contribution in [0.3, 0.4) is 0 Å². The van der Waals surface area contributed by atoms with E-state index < -0.39 is 18.0 Å². The fourth-order valence-corrected chi connectivity index (χ4v) is 1.29. The first-order valence-electron chi connectivity index (χ1n) is 5.28. The largest absolute Gasteiger partial charge is 0.483 e. The first kappa shape index (κ1) is 14.5. The van der Waals surface area contributed by atoms with Crippen molar-refractivity contribution in [2.75, 3.05) is 13.7 Å². The Morgan fingerprint density at radius 1 is 1.32 bits per heavy atom. The summed E-state index contributed by atoms with van der Waals surface area (Å²) >= 11 is 0. The number of amides is 2. The minimum atomic E-state index is -1.04. The van der Waals surface area contributed by atoms with Gasteiger partial charge in [0, 0.05) is 0 Å². The van der Waals surface area contributed by atoms with Gasteiger partial charge in [0.2, 0.25) is 0 Å². The molecule has 1 aromatic carbocycles. The molecule has 0 aliphatic carbocycles. The zero-order chi connectivity index (χ0) is 14.4. The van der Waals surface area contributed by atoms with Gasteiger partial charge in [0.15, 0.2) is 6.61 Å². The standard InChI is InChI=1S/C12H13NO6/c1-7-5-8(11(15)16)3-4-9(7)19-6-10(14)13-12(17)18-2/h3-5H,6H2,1-2H3,(H,15,16)(H,13,14,17). The Morgan fingerprint density at radius 2 is 2.00 bits per heavy atom. The van der Waals surface area contributed by atoms with Gasteiger partial charge in [0.1, 0.15) is 5.75 Å². The van der Waals surface area contributed by atoms with Gasteiger partial charge in [-0.2, -0.15) is 0 Å². The summed E-state index contributed by atoms with van der Waals surface area (Å²) in [5.41, 5.74) is 0.703. The molecule has 0 atom stereocenters. The molecule has 0 fully saturated rings. The third-order valence-electron chi connectivity index (χ3n) is 2.21. The summed E-state index contributed by atoms with van der Waals surface area (Å²) in [6, 6.07) is 4.24. The van der Waals surface area contributed by atoms with E-state index in [-0.39, 0.29) is 12.2 Å². The average Bonchev–Trinajstić information content (AvgIpc) is 2.36. The highest BCUT2D eigenvalue weighted by Gasteiger charge is 2.10. The van der Waals surface area contributed by atoms with Gasteiger partial charge in [0.25, 0.3) is 5.91 Å². The Labute approximate surface area is 109 Å². The smallest absolute Gasteiger partial charge is 0.413 e. The molecule has 0 radical (unpaired) electrons. The van der Waals surface area contributed by atoms with Crippen LogP contribution in [0, 0.1) is 6.92 Å². The molecule has 102 valence electrons. The Hall–Kier alpha value is -2.57. The summed E-state index contributed by atoms with van der Waals surface area (Å²) in [6.45, 7) is 1.28. The number of carbonyl (C=O) groups is 3. The number of hydrogen-bond donors (Lipinski definition) is 2. The van der Waals surface area contributed by atoms with Crippen LogP contribution in [0.4, 0.5) is 4.79 Å². The van der Waals surface area contributed by atoms with E-state index >= 15 is 0 Å². The van der Waals surface area contributed by atoms with Gasteiger partial charge >= 0.3 is 12.1 Å². The highest BCUT2D eigenvalue weighted by molar-refractivity contribution is 5.92. The van der Waals surface area contributed by atoms with Crippen molar-refractivity contribution in [2.45, 2.75) is 6.92 Å². The van der Waals surface area contributed by atoms with Crippen molar-refractivity contribution in [3.8, 4) is 5.75 Å². The van der Waals surface area contributed by atoms with Crippen molar-refractivity contribution in [2.24, 2.45) is 0 Å². The Balaban J connectivity index is 2.61. The summed E-state index contributed by atoms with van der Waals surface area (Å²) in [5.74, 6) is -1.34. The molecule has 1 aromatic rings. The van der Waals surface area contributed by atoms with Gasteiger partial charge in [0.05, 0.1) is 12.7 Å². The number of nitrogens with one attached hydrogen (secondary N) is 1. The lowest BCUT2D eigenvalue weighted by Gasteiger charge is -2.09. The molecule has 7 nitrogen and oxygen atoms in total. The zero-order valence-corrected chi connectivity index (χ0v) is 10.4. The second kappa shape index (κ2) is 6.39. The number of aryl methyl sites for hydroxylation is 1. The van der Waals surface area contributed by atoms with Gasteiger partial charge in [-0.1, -0.05) is 0 Å². The van der Waals surface area contributed by atoms with Crippen molar-refractivity contribution in [1.82, 2.24) is 5.32 Å². The van der Waals surface area contributed by atoms with Crippen LogP contribution < -0.4 is 10.1 Å². The lowest BCUT2D eigenvalue weighted by atomic mass is 10.1. The number of rotatable bonds is 4. The van der Waals surface area contributed by atoms with Gasteiger partial charge in [-0.15, -0.1) is 0 Å². The number of ether oxygens (including phenoxy) is 2. The molecule has 0 aromatic heterocycles. The number of hydrogen-bond acceptors (Lipinski definition) is 5. The van der Waals surface area contributed by atoms with Crippen molar-refractivity contribution in [3.63, 3.8) is 0 Å². The Morgan fingerprint density at radius 3 is 2.53 bits per heavy atom. The number of carbonyl (C=O) groups excluding carboxylic acids is 2. The fraction of sp³-hybridized carbons (Fsp3) is 0.250. The predicted molar refractivity (Wildman–Crippen MR) is 64.2 cm³/mol. The van der Waals surface area contributed by atoms with E-state index in [9.17, 15) is 14.4 Å². The second-order valence-corrected chi connectivity index (χ2v) is 3.61. The molecule has 0 aliphatic rings. The summed E-state index contributed by atoms with van der Waals surface area (Å²) < 4.78 is 9.41. The normalized spacial score (nSPS) is 9.58. The quantitative estimate of drug-likeness (QED) is 0.842. The molecule has 2 N–H and O–H groups in total. The maximum Gasteiger partial charge on any atom is 0.413 e. The minimum absolute atomic E-state index is 0.129. The van der Waals surface area contributed by atoms with E-state index in [4.69, 9.17) is 9.84 Å². The molecule has 0 bridgehead atoms. The molecule has 2 amide bonds. The number of alkyl carbamates (subject to hydrolysis) is 1. The van der Waals surface area contributed by atoms with Gasteiger partial charge in [-0.05, 0) is 30.7 Å². The van der Waals surface area contributed by atoms with E-state index in [2.05, 4.69) is 4.74 Å². The number of methoxy groups -OCH3 is 1. The topological polar surface area (TPSA) is 102 Å². The van der Waals surface area contributed by atoms with Gasteiger partial charge in [-0.25, -0.2) is 9.59 Å². The summed E-state index contributed by atoms with van der Waals surface area (Å²) in [4.78, 5) is 32.7. The van der Waals surface area contributed by atoms with Crippen molar-refractivity contribution < 1.29 is 29.0 Å². The van der Waals surface area contributed by atoms with E-state index in [0.717, 1.165) is 7.11 Å². The molecular formula is C12H13NO6. The van der Waals surface area contributed by atoms with Crippen LogP contribution in [0.1, 0.15) is 15.9 Å². The predicted octanol–water partition coefficient (Wildman–Crippen LogP) is 0.955. The minimum Gasteiger partial charge on any atom is -0.483 e. The van der Waals surface area contributed by atoms with Crippen molar-refractivity contribution in [1.29, 1.82) is 0 Å². The second-order valence-electron chi connectivity index (χ2n) is 3.61. The van der Waals surface area contributed by atoms with Crippen LogP contribution in [-0.2, 0) is 9.53 Å². The number of benzene rings is 1. The van der Waals surface area contributed by atoms with E-state index in [1.54, 1.807) is 6.92 Å². The van der Waals surface area contributed by atoms with Crippen LogP contribution >= 0.6 is 0 Å². The Bertz CT molecular complexity index is 511. The van der Waals surface area contributed by atoms with Crippen LogP contribution in [-0.4, -0.2) is 36.8 Å². The summed E-state index contributed by atoms with van der Waals surface area (Å²) in [6.07, 6.45) is -0.869. The van der Waals surface area contributed by atoms with Crippen LogP contribution in [0.5, 0.6) is 5.75 Å². The van der Waals surface area contributed by atoms with E-state index in [1.807, 2.05) is 5.32 Å². The highest BCUT2D eigenvalue weighted by Crippen LogP contribution is 2.19. The summed E-state index contributed by atoms with van der Waals surface area (Å²) in [5, 5.41) is 10.7. The molecule has 0 saturated heterocycles. The molecule has 0 aliphatic heterocycles. The van der Waals surface area contributed by atoms with Crippen LogP contribution in [0.2, 0.25) is 0 Å². The van der Waals surface area contributed by atoms with Gasteiger partial charge in [-0.3, -0.25) is 10.1 Å². The highest BCUT2D eigenvalue weighted by atomic mass is 16.5. The molecule has 1 rings (SSSR count). The maximum atomic E-state index is 11.2. The molecular weight excluding hydrogens is 254 g/mol. The third-order valence-corrected chi connectivity index (χ3v) is 2.21. The third kappa shape index (κ3) is 4.30. The zero-order valence-electron chi connectivity index (χ0n) is 10.4. The number of aromatic carboxylic acids is 1. The van der Waals surface area contributed by atoms with E-state index in [0.29, 0.717) is 11.3 Å². The molecule has 0 heterocycles. The first-order chi connectivity index (χ1) is 8.93. The SMILES string of the molecule is COC(=O)NC(=O)COc1ccc(C(=O)O)cc1C. The lowest BCUT2D eigenvalue weighted by molar-refractivity contribution is -0.122. The molecule has 7 heteroatoms. The number of imide groups is 1. The lowest BCUT2D eigenvalue weighted by Crippen LogP contribution is -2.34. The molecule has 0 unspecified atom stereocenters. The van der Waals surface area contributed by atoms with Crippen molar-refractivity contribution in [3.05, 3.63) is 29.3 Å². The van der Waals surface area contributed by atoms with Crippen LogP contribution in [0.25, 0.3) is 0 Å². The number of carboxylic acid groups (broad SMARTS) is 1. The molecule has 0 saturated carbocycles. The molecule has 0 spiro atoms. The fourth-order valence-electron chi connectivity index (χ4n) is 1.29. The summed E-state index contributed by atoms with van der Waals surface area (Å²) in [7, 11) is 1.14. The molecule has 19 heavy (non-hydrogen) atoms. The van der Waals surface area contributed by atoms with E-state index in [1.165, 1.54) is 18.2 Å². The van der Waals surface area contributed by atoms with Crippen molar-refractivity contribution >= 4 is 18.0 Å². The van der Waals surface area contributed by atoms with Gasteiger partial charge < -0.3 is 14.6 Å².